The maximum absolute atomic E-state index is 12.2. The molecule has 0 rings (SSSR count). The third-order valence-electron chi connectivity index (χ3n) is 2.49. The minimum atomic E-state index is -1.23. The van der Waals surface area contributed by atoms with E-state index in [1.807, 2.05) is 0 Å². The van der Waals surface area contributed by atoms with Crippen molar-refractivity contribution in [3.63, 3.8) is 0 Å². The van der Waals surface area contributed by atoms with Gasteiger partial charge in [0.05, 0.1) is 20.8 Å². The van der Waals surface area contributed by atoms with E-state index >= 15 is 0 Å². The van der Waals surface area contributed by atoms with Gasteiger partial charge < -0.3 is 24.3 Å². The second kappa shape index (κ2) is 9.98. The molecule has 0 saturated heterocycles. The van der Waals surface area contributed by atoms with Crippen LogP contribution in [-0.4, -0.2) is 63.3 Å². The molecule has 1 amide bonds. The zero-order chi connectivity index (χ0) is 18.0. The second-order valence-electron chi connectivity index (χ2n) is 5.53. The second-order valence-corrected chi connectivity index (χ2v) is 5.53. The number of carbonyl (C=O) groups is 3. The van der Waals surface area contributed by atoms with E-state index in [-0.39, 0.29) is 13.0 Å². The van der Waals surface area contributed by atoms with Gasteiger partial charge in [-0.05, 0) is 20.8 Å². The van der Waals surface area contributed by atoms with Crippen molar-refractivity contribution in [2.75, 3.05) is 27.5 Å². The van der Waals surface area contributed by atoms with Crippen molar-refractivity contribution in [1.29, 1.82) is 0 Å². The summed E-state index contributed by atoms with van der Waals surface area (Å²) in [4.78, 5) is 35.1. The molecule has 0 heterocycles. The predicted molar refractivity (Wildman–Crippen MR) is 77.5 cm³/mol. The highest BCUT2D eigenvalue weighted by Gasteiger charge is 2.31. The SMILES string of the molecule is COC(=O)C(C[C@H](OCC[18F])C(=O)OC)NC(=O)OC(C)(C)C. The van der Waals surface area contributed by atoms with Gasteiger partial charge in [-0.3, -0.25) is 0 Å². The number of hydrogen-bond donors (Lipinski definition) is 1. The molecule has 2 atom stereocenters. The van der Waals surface area contributed by atoms with Crippen LogP contribution in [0.5, 0.6) is 0 Å². The van der Waals surface area contributed by atoms with Gasteiger partial charge in [-0.15, -0.1) is 0 Å². The lowest BCUT2D eigenvalue weighted by atomic mass is 10.1. The van der Waals surface area contributed by atoms with Crippen LogP contribution in [0, 0.1) is 0 Å². The summed E-state index contributed by atoms with van der Waals surface area (Å²) in [6.45, 7) is 3.81. The number of esters is 2. The van der Waals surface area contributed by atoms with E-state index in [9.17, 15) is 18.8 Å². The number of hydrogen-bond acceptors (Lipinski definition) is 7. The van der Waals surface area contributed by atoms with Gasteiger partial charge in [0.25, 0.3) is 0 Å². The Morgan fingerprint density at radius 2 is 1.65 bits per heavy atom. The molecule has 8 nitrogen and oxygen atoms in total. The lowest BCUT2D eigenvalue weighted by Crippen LogP contribution is -2.47. The maximum Gasteiger partial charge on any atom is 0.408 e. The molecule has 0 spiro atoms. The Labute approximate surface area is 134 Å². The highest BCUT2D eigenvalue weighted by atomic mass is 18.2. The number of rotatable bonds is 8. The summed E-state index contributed by atoms with van der Waals surface area (Å²) < 4.78 is 31.4. The Bertz CT molecular complexity index is 408. The molecule has 0 aromatic heterocycles. The molecule has 23 heavy (non-hydrogen) atoms. The van der Waals surface area contributed by atoms with Gasteiger partial charge in [0.2, 0.25) is 0 Å². The zero-order valence-electron chi connectivity index (χ0n) is 14.0. The lowest BCUT2D eigenvalue weighted by molar-refractivity contribution is -0.156. The molecule has 0 aliphatic carbocycles. The van der Waals surface area contributed by atoms with Crippen molar-refractivity contribution in [2.24, 2.45) is 0 Å². The monoisotopic (exact) mass is 336 g/mol. The van der Waals surface area contributed by atoms with Gasteiger partial charge in [-0.2, -0.15) is 0 Å². The lowest BCUT2D eigenvalue weighted by Gasteiger charge is -2.24. The summed E-state index contributed by atoms with van der Waals surface area (Å²) in [5, 5.41) is 2.29. The minimum absolute atomic E-state index is 0.279. The van der Waals surface area contributed by atoms with Gasteiger partial charge in [0.1, 0.15) is 18.3 Å². The molecule has 134 valence electrons. The molecule has 0 radical (unpaired) electrons. The maximum atomic E-state index is 12.2. The fourth-order valence-electron chi connectivity index (χ4n) is 1.57. The number of nitrogens with one attached hydrogen (secondary N) is 1. The van der Waals surface area contributed by atoms with Crippen LogP contribution in [0.2, 0.25) is 0 Å². The Morgan fingerprint density at radius 3 is 2.09 bits per heavy atom. The molecule has 0 saturated carbocycles. The third kappa shape index (κ3) is 8.97. The van der Waals surface area contributed by atoms with Crippen LogP contribution in [0.15, 0.2) is 0 Å². The summed E-state index contributed by atoms with van der Waals surface area (Å²) in [5.74, 6) is -1.59. The zero-order valence-corrected chi connectivity index (χ0v) is 14.0. The molecule has 9 heteroatoms. The standard InChI is InChI=1S/C14H24FNO7/c1-14(2,3)23-13(19)16-9(11(17)20-4)8-10(12(18)21-5)22-7-6-15/h9-10H,6-8H2,1-5H3,(H,16,19)/t9?,10-/m0/s1/i15-1. The van der Waals surface area contributed by atoms with Crippen LogP contribution in [0.3, 0.4) is 0 Å². The fraction of sp³-hybridized carbons (Fsp3) is 0.786. The van der Waals surface area contributed by atoms with Crippen LogP contribution in [0.1, 0.15) is 27.2 Å². The number of methoxy groups -OCH3 is 2. The van der Waals surface area contributed by atoms with Gasteiger partial charge in [-0.25, -0.2) is 18.8 Å². The van der Waals surface area contributed by atoms with E-state index in [0.717, 1.165) is 14.2 Å². The van der Waals surface area contributed by atoms with Crippen LogP contribution in [0.25, 0.3) is 0 Å². The number of amides is 1. The summed E-state index contributed by atoms with van der Waals surface area (Å²) in [6.07, 6.45) is -2.37. The summed E-state index contributed by atoms with van der Waals surface area (Å²) in [6, 6.07) is -1.21. The molecule has 0 aromatic carbocycles. The Hall–Kier alpha value is -1.90. The molecule has 1 unspecified atom stereocenters. The van der Waals surface area contributed by atoms with Crippen LogP contribution in [0.4, 0.5) is 9.18 Å². The van der Waals surface area contributed by atoms with E-state index in [1.165, 1.54) is 0 Å². The van der Waals surface area contributed by atoms with Gasteiger partial charge in [-0.1, -0.05) is 0 Å². The highest BCUT2D eigenvalue weighted by Crippen LogP contribution is 2.10. The Balaban J connectivity index is 4.96. The molecular formula is C14H24FNO7. The molecule has 0 aliphatic rings. The van der Waals surface area contributed by atoms with Crippen LogP contribution < -0.4 is 5.32 Å². The average Bonchev–Trinajstić information content (AvgIpc) is 2.46. The smallest absolute Gasteiger partial charge is 0.408 e. The van der Waals surface area contributed by atoms with Crippen LogP contribution >= 0.6 is 0 Å². The van der Waals surface area contributed by atoms with Gasteiger partial charge in [0, 0.05) is 6.42 Å². The third-order valence-corrected chi connectivity index (χ3v) is 2.49. The van der Waals surface area contributed by atoms with Gasteiger partial charge >= 0.3 is 18.0 Å². The fourth-order valence-corrected chi connectivity index (χ4v) is 1.57. The largest absolute Gasteiger partial charge is 0.467 e. The van der Waals surface area contributed by atoms with Gasteiger partial charge in [0.15, 0.2) is 6.10 Å². The number of carbonyl (C=O) groups excluding carboxylic acids is 3. The number of alkyl halides is 1. The van der Waals surface area contributed by atoms with E-state index in [2.05, 4.69) is 14.8 Å². The first-order valence-electron chi connectivity index (χ1n) is 6.97. The van der Waals surface area contributed by atoms with Crippen molar-refractivity contribution in [3.8, 4) is 0 Å². The normalized spacial score (nSPS) is 13.7. The number of alkyl carbamates (subject to hydrolysis) is 1. The van der Waals surface area contributed by atoms with Crippen molar-refractivity contribution in [1.82, 2.24) is 5.32 Å². The van der Waals surface area contributed by atoms with E-state index in [1.54, 1.807) is 20.8 Å². The number of halogens is 1. The molecule has 0 fully saturated rings. The topological polar surface area (TPSA) is 100 Å². The molecule has 0 bridgehead atoms. The number of ether oxygens (including phenoxy) is 4. The first-order valence-corrected chi connectivity index (χ1v) is 6.97. The van der Waals surface area contributed by atoms with Crippen molar-refractivity contribution in [3.05, 3.63) is 0 Å². The Morgan fingerprint density at radius 1 is 1.09 bits per heavy atom. The van der Waals surface area contributed by atoms with Crippen LogP contribution in [-0.2, 0) is 28.5 Å². The van der Waals surface area contributed by atoms with E-state index in [0.29, 0.717) is 0 Å². The summed E-state index contributed by atoms with van der Waals surface area (Å²) >= 11 is 0. The average molecular weight is 336 g/mol. The highest BCUT2D eigenvalue weighted by molar-refractivity contribution is 5.83. The summed E-state index contributed by atoms with van der Waals surface area (Å²) in [5.41, 5.74) is -0.767. The Kier molecular flexibility index (Phi) is 9.16. The van der Waals surface area contributed by atoms with Crippen molar-refractivity contribution < 1.29 is 37.7 Å². The first-order chi connectivity index (χ1) is 10.6. The summed E-state index contributed by atoms with van der Waals surface area (Å²) in [7, 11) is 2.25. The molecule has 0 aromatic rings. The minimum Gasteiger partial charge on any atom is -0.467 e. The predicted octanol–water partition coefficient (Wildman–Crippen LogP) is 0.970. The quantitative estimate of drug-likeness (QED) is 0.521. The first kappa shape index (κ1) is 21.1. The molecule has 1 N–H and O–H groups in total. The molecular weight excluding hydrogens is 312 g/mol. The van der Waals surface area contributed by atoms with E-state index in [4.69, 9.17) is 9.47 Å². The van der Waals surface area contributed by atoms with E-state index < -0.39 is 42.5 Å². The van der Waals surface area contributed by atoms with Crippen molar-refractivity contribution >= 4 is 18.0 Å². The van der Waals surface area contributed by atoms with Crippen molar-refractivity contribution in [2.45, 2.75) is 44.9 Å². The molecule has 0 aliphatic heterocycles.